The highest BCUT2D eigenvalue weighted by Crippen LogP contribution is 2.58. The maximum Gasteiger partial charge on any atom is 0.105 e. The van der Waals surface area contributed by atoms with Crippen LogP contribution in [0.1, 0.15) is 82.9 Å². The van der Waals surface area contributed by atoms with Crippen molar-refractivity contribution in [3.05, 3.63) is 383 Å². The van der Waals surface area contributed by atoms with Crippen molar-refractivity contribution in [2.24, 2.45) is 11.8 Å². The Morgan fingerprint density at radius 2 is 0.789 bits per heavy atom. The van der Waals surface area contributed by atoms with Crippen LogP contribution in [0.15, 0.2) is 338 Å². The van der Waals surface area contributed by atoms with E-state index in [0.29, 0.717) is 5.56 Å². The van der Waals surface area contributed by atoms with Crippen LogP contribution >= 0.6 is 0 Å². The summed E-state index contributed by atoms with van der Waals surface area (Å²) < 4.78 is 10.5. The molecule has 1 aliphatic heterocycles. The van der Waals surface area contributed by atoms with E-state index in [1.54, 1.807) is 0 Å². The smallest absolute Gasteiger partial charge is 0.105 e. The third-order valence-corrected chi connectivity index (χ3v) is 24.6. The number of para-hydroxylation sites is 1. The number of nitriles is 1. The average molecular weight is 1400 g/mol. The summed E-state index contributed by atoms with van der Waals surface area (Å²) in [5.41, 5.74) is 32.2. The van der Waals surface area contributed by atoms with Gasteiger partial charge in [0, 0.05) is 67.5 Å². The van der Waals surface area contributed by atoms with Crippen molar-refractivity contribution in [2.75, 3.05) is 4.90 Å². The van der Waals surface area contributed by atoms with Gasteiger partial charge >= 0.3 is 0 Å². The zero-order valence-corrected chi connectivity index (χ0v) is 60.5. The van der Waals surface area contributed by atoms with Gasteiger partial charge in [0.05, 0.1) is 62.1 Å². The number of anilines is 1. The summed E-state index contributed by atoms with van der Waals surface area (Å²) in [5, 5.41) is 19.6. The second-order valence-electron chi connectivity index (χ2n) is 30.5. The van der Waals surface area contributed by atoms with Crippen LogP contribution in [0.4, 0.5) is 5.69 Å². The minimum atomic E-state index is -0.163. The van der Waals surface area contributed by atoms with E-state index in [0.717, 1.165) is 191 Å². The Kier molecular flexibility index (Phi) is 14.8. The normalized spacial score (nSPS) is 18.1. The third kappa shape index (κ3) is 9.92. The van der Waals surface area contributed by atoms with Crippen LogP contribution in [0.2, 0.25) is 0 Å². The number of aryl methyl sites for hydroxylation is 1. The molecule has 7 aliphatic rings. The molecule has 0 amide bonds. The van der Waals surface area contributed by atoms with Gasteiger partial charge in [0.1, 0.15) is 11.6 Å². The van der Waals surface area contributed by atoms with E-state index < -0.39 is 0 Å². The second-order valence-corrected chi connectivity index (χ2v) is 30.5. The van der Waals surface area contributed by atoms with Gasteiger partial charge in [-0.15, -0.1) is 0 Å². The summed E-state index contributed by atoms with van der Waals surface area (Å²) in [7, 11) is 0. The number of allylic oxidation sites excluding steroid dienone is 11. The summed E-state index contributed by atoms with van der Waals surface area (Å²) in [6.45, 7) is 0. The highest BCUT2D eigenvalue weighted by molar-refractivity contribution is 6.16. The number of hydrogen-bond donors (Lipinski definition) is 0. The first-order valence-corrected chi connectivity index (χ1v) is 39.0. The monoisotopic (exact) mass is 1400 g/mol. The topological polar surface area (TPSA) is 46.8 Å². The fraction of sp³-hybridized carbons (Fsp3) is 0.117. The highest BCUT2D eigenvalue weighted by Gasteiger charge is 2.46. The van der Waals surface area contributed by atoms with Crippen LogP contribution in [0.25, 0.3) is 140 Å². The van der Waals surface area contributed by atoms with E-state index in [1.165, 1.54) is 44.5 Å². The second kappa shape index (κ2) is 25.5. The number of fused-ring (bicyclic) bond motifs is 14. The molecule has 109 heavy (non-hydrogen) atoms. The first-order valence-electron chi connectivity index (χ1n) is 39.0. The molecule has 6 aliphatic carbocycles. The molecule has 0 saturated carbocycles. The molecule has 15 aromatic rings. The molecule has 22 rings (SSSR count). The lowest BCUT2D eigenvalue weighted by Gasteiger charge is -2.37. The SMILES string of the molecule is N#Cc1c(-n2c3c(c4c2C=CC(c2ccccc2)C4)CC(C2=CCCC=C2)C=C3)c(N2C3=C(CCC=C3)C3C=CC=CC32)c(-n2c3ccc(-c4ccccc4)cc3c3cc(-c4ccccc4)ccc32)c(-n2c3c(c4ccccc42)CCC=C3)c1-n1c2ccc(-c3ccccc3)cc2c2cc(-c3ccccc3)ccc21. The Bertz CT molecular complexity index is 6470. The highest BCUT2D eigenvalue weighted by atomic mass is 15.3. The van der Waals surface area contributed by atoms with Gasteiger partial charge in [-0.1, -0.05) is 261 Å². The molecule has 4 atom stereocenters. The largest absolute Gasteiger partial charge is 0.330 e. The first-order chi connectivity index (χ1) is 54.1. The quantitative estimate of drug-likeness (QED) is 0.130. The Morgan fingerprint density at radius 1 is 0.330 bits per heavy atom. The van der Waals surface area contributed by atoms with Crippen LogP contribution in [0.3, 0.4) is 0 Å². The van der Waals surface area contributed by atoms with Crippen LogP contribution in [0.5, 0.6) is 0 Å². The number of nitrogens with zero attached hydrogens (tertiary/aromatic N) is 6. The van der Waals surface area contributed by atoms with Crippen molar-refractivity contribution < 1.29 is 0 Å². The van der Waals surface area contributed by atoms with Crippen molar-refractivity contribution in [3.63, 3.8) is 0 Å². The lowest BCUT2D eigenvalue weighted by Crippen LogP contribution is -2.35. The molecule has 0 saturated heterocycles. The molecule has 4 aromatic heterocycles. The van der Waals surface area contributed by atoms with E-state index in [2.05, 4.69) is 369 Å². The van der Waals surface area contributed by atoms with Gasteiger partial charge in [0.2, 0.25) is 0 Å². The molecule has 4 unspecified atom stereocenters. The summed E-state index contributed by atoms with van der Waals surface area (Å²) in [6, 6.07) is 95.5. The van der Waals surface area contributed by atoms with Gasteiger partial charge < -0.3 is 23.2 Å². The minimum Gasteiger partial charge on any atom is -0.330 e. The van der Waals surface area contributed by atoms with Crippen molar-refractivity contribution in [3.8, 4) is 73.3 Å². The fourth-order valence-corrected chi connectivity index (χ4v) is 19.7. The Hall–Kier alpha value is -13.2. The minimum absolute atomic E-state index is 0.0638. The van der Waals surface area contributed by atoms with Crippen molar-refractivity contribution in [1.82, 2.24) is 18.3 Å². The van der Waals surface area contributed by atoms with E-state index >= 15 is 0 Å². The van der Waals surface area contributed by atoms with E-state index in [4.69, 9.17) is 0 Å². The van der Waals surface area contributed by atoms with Gasteiger partial charge in [-0.3, -0.25) is 0 Å². The summed E-state index contributed by atoms with van der Waals surface area (Å²) >= 11 is 0. The van der Waals surface area contributed by atoms with Crippen LogP contribution < -0.4 is 4.90 Å². The number of aromatic nitrogens is 4. The van der Waals surface area contributed by atoms with Gasteiger partial charge in [-0.25, -0.2) is 0 Å². The third-order valence-electron chi connectivity index (χ3n) is 24.6. The average Bonchev–Trinajstić information content (AvgIpc) is 1.54. The molecule has 0 bridgehead atoms. The van der Waals surface area contributed by atoms with Crippen LogP contribution in [-0.4, -0.2) is 24.3 Å². The molecule has 0 fully saturated rings. The molecule has 6 nitrogen and oxygen atoms in total. The van der Waals surface area contributed by atoms with Crippen LogP contribution in [0, 0.1) is 23.2 Å². The van der Waals surface area contributed by atoms with Gasteiger partial charge in [-0.05, 0) is 208 Å². The van der Waals surface area contributed by atoms with Crippen molar-refractivity contribution >= 4 is 78.4 Å². The standard InChI is InChI=1S/C103H76N6/c104-65-88-99(105-93-53-47-72(66-27-7-1-8-28-66)59-82(93)83-60-73(48-54-94(83)105)67-29-9-2-10-30-67)101(107-89-43-23-19-39-78(89)79-40-20-24-44-90(79)107)103(109-97-57-51-76(70-35-15-5-16-36-70)63-86(97)87-64-77(52-58-98(87)109)71-37-17-6-18-38-71)102(108-91-45-25-21-41-80(91)81-42-22-26-46-92(81)108)100(88)106-95-55-49-74(68-31-11-3-12-32-68)61-84(95)85-62-75(50-56-96(85)106)69-33-13-4-14-34-69/h1-3,5-13,15-19,21,23-39,41,43-60,63-64,74-75,80,91H,4,14,20,22,40,42,61-62H2. The first kappa shape index (κ1) is 63.1. The van der Waals surface area contributed by atoms with Crippen LogP contribution in [-0.2, 0) is 19.3 Å². The number of rotatable bonds is 11. The Labute approximate surface area is 634 Å². The van der Waals surface area contributed by atoms with Crippen molar-refractivity contribution in [1.29, 1.82) is 5.26 Å². The van der Waals surface area contributed by atoms with E-state index in [-0.39, 0.29) is 23.8 Å². The van der Waals surface area contributed by atoms with Gasteiger partial charge in [0.25, 0.3) is 0 Å². The molecular weight excluding hydrogens is 1320 g/mol. The summed E-state index contributed by atoms with van der Waals surface area (Å²) in [4.78, 5) is 2.74. The molecule has 5 heterocycles. The van der Waals surface area contributed by atoms with Gasteiger partial charge in [0.15, 0.2) is 0 Å². The predicted octanol–water partition coefficient (Wildman–Crippen LogP) is 25.5. The maximum atomic E-state index is 14.0. The molecule has 518 valence electrons. The van der Waals surface area contributed by atoms with E-state index in [1.807, 2.05) is 0 Å². The summed E-state index contributed by atoms with van der Waals surface area (Å²) in [6.07, 6.45) is 43.6. The maximum absolute atomic E-state index is 14.0. The van der Waals surface area contributed by atoms with Gasteiger partial charge in [-0.2, -0.15) is 5.26 Å². The molecule has 0 N–H and O–H groups in total. The molecule has 0 spiro atoms. The lowest BCUT2D eigenvalue weighted by molar-refractivity contribution is 0.656. The molecule has 11 aromatic carbocycles. The molecular formula is C103H76N6. The molecule has 0 radical (unpaired) electrons. The zero-order valence-electron chi connectivity index (χ0n) is 60.5. The van der Waals surface area contributed by atoms with E-state index in [9.17, 15) is 5.26 Å². The Morgan fingerprint density at radius 3 is 1.35 bits per heavy atom. The Balaban J connectivity index is 0.996. The van der Waals surface area contributed by atoms with Crippen molar-refractivity contribution in [2.45, 2.75) is 63.3 Å². The number of hydrogen-bond acceptors (Lipinski definition) is 2. The lowest BCUT2D eigenvalue weighted by atomic mass is 9.80. The fourth-order valence-electron chi connectivity index (χ4n) is 19.7. The predicted molar refractivity (Wildman–Crippen MR) is 453 cm³/mol. The number of benzene rings is 11. The molecule has 6 heteroatoms. The summed E-state index contributed by atoms with van der Waals surface area (Å²) in [5.74, 6) is 0.369. The zero-order chi connectivity index (χ0) is 71.8.